The molecule has 0 bridgehead atoms. The fraction of sp³-hybridized carbons (Fsp3) is 1.00. The highest BCUT2D eigenvalue weighted by atomic mass is 16.5. The highest BCUT2D eigenvalue weighted by Gasteiger charge is 2.32. The highest BCUT2D eigenvalue weighted by Crippen LogP contribution is 2.14. The molecule has 0 atom stereocenters. The van der Waals surface area contributed by atoms with E-state index in [4.69, 9.17) is 4.74 Å². The summed E-state index contributed by atoms with van der Waals surface area (Å²) >= 11 is 0. The minimum atomic E-state index is 0.957. The van der Waals surface area contributed by atoms with Gasteiger partial charge in [-0.2, -0.15) is 0 Å². The maximum atomic E-state index is 5.52. The Balaban J connectivity index is 2.56. The van der Waals surface area contributed by atoms with E-state index in [2.05, 4.69) is 27.7 Å². The first-order chi connectivity index (χ1) is 8.16. The van der Waals surface area contributed by atoms with Crippen molar-refractivity contribution in [2.75, 3.05) is 65.6 Å². The first-order valence-corrected chi connectivity index (χ1v) is 7.44. The van der Waals surface area contributed by atoms with E-state index in [1.165, 1.54) is 61.3 Å². The predicted octanol–water partition coefficient (Wildman–Crippen LogP) is 1.73. The molecule has 0 aromatic carbocycles. The maximum absolute atomic E-state index is 5.52. The van der Waals surface area contributed by atoms with Gasteiger partial charge in [0.05, 0.1) is 39.4 Å². The molecule has 1 rings (SSSR count). The number of rotatable bonds is 7. The molecule has 1 aliphatic rings. The molecule has 17 heavy (non-hydrogen) atoms. The monoisotopic (exact) mass is 244 g/mol. The van der Waals surface area contributed by atoms with Gasteiger partial charge in [-0.25, -0.2) is 0 Å². The number of hydrogen-bond donors (Lipinski definition) is 0. The molecule has 1 heterocycles. The minimum Gasteiger partial charge on any atom is -0.370 e. The van der Waals surface area contributed by atoms with Gasteiger partial charge < -0.3 is 13.7 Å². The lowest BCUT2D eigenvalue weighted by molar-refractivity contribution is -0.981. The van der Waals surface area contributed by atoms with Gasteiger partial charge in [-0.1, -0.05) is 0 Å². The molecule has 0 N–H and O–H groups in total. The van der Waals surface area contributed by atoms with Crippen LogP contribution in [0.2, 0.25) is 0 Å². The lowest BCUT2D eigenvalue weighted by Gasteiger charge is -2.44. The Morgan fingerprint density at radius 2 is 1.47 bits per heavy atom. The third-order valence-electron chi connectivity index (χ3n) is 5.15. The van der Waals surface area contributed by atoms with Gasteiger partial charge >= 0.3 is 0 Å². The van der Waals surface area contributed by atoms with Crippen LogP contribution in [0.15, 0.2) is 0 Å². The molecular formula is C14H32N2O+2. The van der Waals surface area contributed by atoms with Gasteiger partial charge in [-0.15, -0.1) is 0 Å². The molecule has 1 aliphatic heterocycles. The van der Waals surface area contributed by atoms with Gasteiger partial charge in [-0.05, 0) is 27.7 Å². The number of ether oxygens (including phenoxy) is 1. The summed E-state index contributed by atoms with van der Waals surface area (Å²) in [7, 11) is 0. The zero-order chi connectivity index (χ0) is 12.8. The van der Waals surface area contributed by atoms with E-state index in [1.807, 2.05) is 0 Å². The summed E-state index contributed by atoms with van der Waals surface area (Å²) in [6.07, 6.45) is 0. The van der Waals surface area contributed by atoms with E-state index in [0.29, 0.717) is 0 Å². The van der Waals surface area contributed by atoms with E-state index >= 15 is 0 Å². The number of hydrogen-bond acceptors (Lipinski definition) is 1. The smallest absolute Gasteiger partial charge is 0.129 e. The van der Waals surface area contributed by atoms with Gasteiger partial charge in [0.1, 0.15) is 26.2 Å². The first-order valence-electron chi connectivity index (χ1n) is 7.44. The Morgan fingerprint density at radius 1 is 0.941 bits per heavy atom. The quantitative estimate of drug-likeness (QED) is 0.620. The van der Waals surface area contributed by atoms with Crippen LogP contribution in [0.25, 0.3) is 0 Å². The van der Waals surface area contributed by atoms with Crippen molar-refractivity contribution in [1.29, 1.82) is 0 Å². The maximum Gasteiger partial charge on any atom is 0.129 e. The van der Waals surface area contributed by atoms with E-state index < -0.39 is 0 Å². The number of morpholine rings is 1. The zero-order valence-electron chi connectivity index (χ0n) is 12.4. The van der Waals surface area contributed by atoms with Crippen molar-refractivity contribution in [3.05, 3.63) is 0 Å². The molecule has 0 saturated carbocycles. The minimum absolute atomic E-state index is 0.957. The molecule has 0 radical (unpaired) electrons. The van der Waals surface area contributed by atoms with Crippen LogP contribution in [0.5, 0.6) is 0 Å². The van der Waals surface area contributed by atoms with Gasteiger partial charge in [0.2, 0.25) is 0 Å². The van der Waals surface area contributed by atoms with E-state index in [-0.39, 0.29) is 0 Å². The molecule has 0 aliphatic carbocycles. The van der Waals surface area contributed by atoms with Crippen molar-refractivity contribution in [1.82, 2.24) is 0 Å². The molecule has 3 nitrogen and oxygen atoms in total. The van der Waals surface area contributed by atoms with Crippen molar-refractivity contribution in [3.63, 3.8) is 0 Å². The summed E-state index contributed by atoms with van der Waals surface area (Å²) in [6.45, 7) is 21.4. The lowest BCUT2D eigenvalue weighted by atomic mass is 10.2. The fourth-order valence-electron chi connectivity index (χ4n) is 3.00. The molecule has 0 spiro atoms. The molecule has 1 fully saturated rings. The van der Waals surface area contributed by atoms with Crippen LogP contribution in [-0.4, -0.2) is 74.5 Å². The van der Waals surface area contributed by atoms with Crippen LogP contribution in [0, 0.1) is 0 Å². The molecule has 3 heteroatoms. The van der Waals surface area contributed by atoms with Crippen molar-refractivity contribution in [2.24, 2.45) is 0 Å². The Labute approximate surface area is 108 Å². The van der Waals surface area contributed by atoms with Crippen molar-refractivity contribution in [2.45, 2.75) is 27.7 Å². The Bertz CT molecular complexity index is 200. The average Bonchev–Trinajstić information content (AvgIpc) is 2.42. The number of likely N-dealkylation sites (N-methyl/N-ethyl adjacent to an activating group) is 2. The van der Waals surface area contributed by atoms with Crippen LogP contribution >= 0.6 is 0 Å². The third kappa shape index (κ3) is 3.67. The van der Waals surface area contributed by atoms with E-state index in [9.17, 15) is 0 Å². The zero-order valence-corrected chi connectivity index (χ0v) is 12.4. The van der Waals surface area contributed by atoms with Gasteiger partial charge in [0.15, 0.2) is 0 Å². The van der Waals surface area contributed by atoms with Gasteiger partial charge in [0, 0.05) is 0 Å². The second kappa shape index (κ2) is 6.72. The predicted molar refractivity (Wildman–Crippen MR) is 73.0 cm³/mol. The highest BCUT2D eigenvalue weighted by molar-refractivity contribution is 4.50. The fourth-order valence-corrected chi connectivity index (χ4v) is 3.00. The van der Waals surface area contributed by atoms with Crippen LogP contribution in [0.4, 0.5) is 0 Å². The topological polar surface area (TPSA) is 9.23 Å². The second-order valence-electron chi connectivity index (χ2n) is 5.45. The largest absolute Gasteiger partial charge is 0.370 e. The molecule has 0 aromatic heterocycles. The van der Waals surface area contributed by atoms with Gasteiger partial charge in [-0.3, -0.25) is 0 Å². The average molecular weight is 244 g/mol. The number of quaternary nitrogens is 2. The Hall–Kier alpha value is -0.120. The van der Waals surface area contributed by atoms with Crippen LogP contribution in [-0.2, 0) is 4.74 Å². The molecule has 0 aromatic rings. The van der Waals surface area contributed by atoms with Crippen molar-refractivity contribution in [3.8, 4) is 0 Å². The standard InChI is InChI=1S/C14H32N2O/c1-5-15(6-2,7-3)9-10-16(8-4)11-13-17-14-12-16/h5-14H2,1-4H3/q+2. The lowest BCUT2D eigenvalue weighted by Crippen LogP contribution is -2.60. The molecular weight excluding hydrogens is 212 g/mol. The molecule has 0 amide bonds. The summed E-state index contributed by atoms with van der Waals surface area (Å²) < 4.78 is 8.07. The van der Waals surface area contributed by atoms with E-state index in [0.717, 1.165) is 13.2 Å². The normalized spacial score (nSPS) is 20.5. The Kier molecular flexibility index (Phi) is 5.90. The summed E-state index contributed by atoms with van der Waals surface area (Å²) in [6, 6.07) is 0. The molecule has 1 saturated heterocycles. The van der Waals surface area contributed by atoms with Crippen LogP contribution < -0.4 is 0 Å². The number of nitrogens with zero attached hydrogens (tertiary/aromatic N) is 2. The first kappa shape index (κ1) is 14.9. The summed E-state index contributed by atoms with van der Waals surface area (Å²) in [5.41, 5.74) is 0. The van der Waals surface area contributed by atoms with Crippen molar-refractivity contribution >= 4 is 0 Å². The summed E-state index contributed by atoms with van der Waals surface area (Å²) in [5, 5.41) is 0. The third-order valence-corrected chi connectivity index (χ3v) is 5.15. The molecule has 102 valence electrons. The second-order valence-corrected chi connectivity index (χ2v) is 5.45. The van der Waals surface area contributed by atoms with Crippen LogP contribution in [0.3, 0.4) is 0 Å². The summed E-state index contributed by atoms with van der Waals surface area (Å²) in [5.74, 6) is 0. The summed E-state index contributed by atoms with van der Waals surface area (Å²) in [4.78, 5) is 0. The Morgan fingerprint density at radius 3 is 1.88 bits per heavy atom. The van der Waals surface area contributed by atoms with Crippen molar-refractivity contribution < 1.29 is 13.7 Å². The van der Waals surface area contributed by atoms with Gasteiger partial charge in [0.25, 0.3) is 0 Å². The SMILES string of the molecule is CC[N+](CC)(CC)CC[N+]1(CC)CCOCC1. The molecule has 0 unspecified atom stereocenters. The van der Waals surface area contributed by atoms with Crippen LogP contribution in [0.1, 0.15) is 27.7 Å². The van der Waals surface area contributed by atoms with E-state index in [1.54, 1.807) is 0 Å².